The fraction of sp³-hybridized carbons (Fsp3) is 0.100. The van der Waals surface area contributed by atoms with Crippen molar-refractivity contribution in [2.45, 2.75) is 20.0 Å². The molecule has 208 valence electrons. The number of fused-ring (bicyclic) bond motifs is 1. The Morgan fingerprint density at radius 3 is 2.22 bits per heavy atom. The summed E-state index contributed by atoms with van der Waals surface area (Å²) in [7, 11) is 0. The maximum Gasteiger partial charge on any atom is 0.416 e. The van der Waals surface area contributed by atoms with E-state index in [2.05, 4.69) is 10.2 Å². The molecule has 0 aliphatic rings. The van der Waals surface area contributed by atoms with Crippen molar-refractivity contribution in [2.24, 2.45) is 10.2 Å². The lowest BCUT2D eigenvalue weighted by Gasteiger charge is -2.12. The number of aryl methyl sites for hydroxylation is 2. The van der Waals surface area contributed by atoms with Crippen LogP contribution >= 0.6 is 0 Å². The molecule has 0 radical (unpaired) electrons. The Hall–Kier alpha value is -5.19. The lowest BCUT2D eigenvalue weighted by atomic mass is 10.0. The Kier molecular flexibility index (Phi) is 6.74. The van der Waals surface area contributed by atoms with Crippen LogP contribution in [0.25, 0.3) is 27.7 Å². The normalized spacial score (nSPS) is 12.0. The van der Waals surface area contributed by atoms with Gasteiger partial charge in [-0.15, -0.1) is 10.2 Å². The van der Waals surface area contributed by atoms with Crippen LogP contribution in [0.3, 0.4) is 0 Å². The van der Waals surface area contributed by atoms with E-state index in [1.165, 1.54) is 50.2 Å². The second kappa shape index (κ2) is 10.1. The third-order valence-electron chi connectivity index (χ3n) is 6.62. The Bertz CT molecular complexity index is 1850. The van der Waals surface area contributed by atoms with E-state index in [1.54, 1.807) is 18.2 Å². The summed E-state index contributed by atoms with van der Waals surface area (Å²) in [4.78, 5) is 11.4. The zero-order chi connectivity index (χ0) is 29.6. The number of nitrogens with zero attached hydrogens (tertiary/aromatic N) is 3. The molecule has 0 saturated heterocycles. The van der Waals surface area contributed by atoms with E-state index in [1.807, 2.05) is 0 Å². The molecule has 7 nitrogen and oxygen atoms in total. The first kappa shape index (κ1) is 27.4. The molecule has 1 aromatic heterocycles. The molecule has 1 heterocycles. The largest absolute Gasteiger partial charge is 0.505 e. The standard InChI is InChI=1S/C30H21F4N3O4/c1-15-11-20(12-16(2)25(15)31)37-24-14-19(30(32,33)34)9-10-22(24)26(28(37)39)36-35-23-8-4-7-21(27(23)38)17-5-3-6-18(13-17)29(40)41/h3-14,38-39H,1-2H3,(H,40,41). The molecule has 4 aromatic carbocycles. The number of carbonyl (C=O) groups is 1. The number of hydrogen-bond donors (Lipinski definition) is 3. The van der Waals surface area contributed by atoms with E-state index in [0.717, 1.165) is 22.8 Å². The number of rotatable bonds is 5. The van der Waals surface area contributed by atoms with Crippen molar-refractivity contribution in [3.63, 3.8) is 0 Å². The summed E-state index contributed by atoms with van der Waals surface area (Å²) in [6.45, 7) is 3.00. The Morgan fingerprint density at radius 1 is 0.878 bits per heavy atom. The highest BCUT2D eigenvalue weighted by Gasteiger charge is 2.32. The highest BCUT2D eigenvalue weighted by molar-refractivity contribution is 5.97. The van der Waals surface area contributed by atoms with Crippen molar-refractivity contribution in [1.29, 1.82) is 0 Å². The maximum absolute atomic E-state index is 14.3. The lowest BCUT2D eigenvalue weighted by molar-refractivity contribution is -0.137. The molecule has 41 heavy (non-hydrogen) atoms. The van der Waals surface area contributed by atoms with Crippen LogP contribution in [0, 0.1) is 19.7 Å². The van der Waals surface area contributed by atoms with Crippen molar-refractivity contribution >= 4 is 28.2 Å². The summed E-state index contributed by atoms with van der Waals surface area (Å²) in [5.41, 5.74) is 0.134. The van der Waals surface area contributed by atoms with Gasteiger partial charge < -0.3 is 15.3 Å². The third-order valence-corrected chi connectivity index (χ3v) is 6.62. The van der Waals surface area contributed by atoms with E-state index in [9.17, 15) is 37.7 Å². The fourth-order valence-corrected chi connectivity index (χ4v) is 4.61. The van der Waals surface area contributed by atoms with Crippen molar-refractivity contribution < 1.29 is 37.7 Å². The van der Waals surface area contributed by atoms with Crippen LogP contribution in [-0.2, 0) is 6.18 Å². The molecule has 0 unspecified atom stereocenters. The first-order valence-electron chi connectivity index (χ1n) is 12.2. The predicted octanol–water partition coefficient (Wildman–Crippen LogP) is 8.60. The van der Waals surface area contributed by atoms with Gasteiger partial charge in [0.25, 0.3) is 0 Å². The van der Waals surface area contributed by atoms with Gasteiger partial charge in [-0.1, -0.05) is 24.3 Å². The van der Waals surface area contributed by atoms with Crippen LogP contribution in [0.15, 0.2) is 83.0 Å². The fourth-order valence-electron chi connectivity index (χ4n) is 4.61. The molecule has 11 heteroatoms. The molecule has 3 N–H and O–H groups in total. The van der Waals surface area contributed by atoms with Gasteiger partial charge in [-0.25, -0.2) is 9.18 Å². The molecule has 0 atom stereocenters. The number of para-hydroxylation sites is 1. The van der Waals surface area contributed by atoms with Crippen LogP contribution in [0.1, 0.15) is 27.0 Å². The van der Waals surface area contributed by atoms with Crippen LogP contribution in [-0.4, -0.2) is 25.9 Å². The average Bonchev–Trinajstić information content (AvgIpc) is 3.20. The molecule has 5 aromatic rings. The Labute approximate surface area is 230 Å². The summed E-state index contributed by atoms with van der Waals surface area (Å²) >= 11 is 0. The summed E-state index contributed by atoms with van der Waals surface area (Å²) < 4.78 is 56.2. The summed E-state index contributed by atoms with van der Waals surface area (Å²) in [6, 6.07) is 16.1. The monoisotopic (exact) mass is 563 g/mol. The number of aromatic carboxylic acids is 1. The second-order valence-electron chi connectivity index (χ2n) is 9.39. The molecule has 5 rings (SSSR count). The topological polar surface area (TPSA) is 107 Å². The van der Waals surface area contributed by atoms with Crippen molar-refractivity contribution in [3.8, 4) is 28.4 Å². The van der Waals surface area contributed by atoms with Crippen molar-refractivity contribution in [2.75, 3.05) is 0 Å². The highest BCUT2D eigenvalue weighted by Crippen LogP contribution is 2.45. The van der Waals surface area contributed by atoms with Gasteiger partial charge >= 0.3 is 12.1 Å². The number of hydrogen-bond acceptors (Lipinski definition) is 5. The zero-order valence-corrected chi connectivity index (χ0v) is 21.5. The summed E-state index contributed by atoms with van der Waals surface area (Å²) in [6.07, 6.45) is -4.67. The smallest absolute Gasteiger partial charge is 0.416 e. The molecular formula is C30H21F4N3O4. The van der Waals surface area contributed by atoms with Crippen molar-refractivity contribution in [1.82, 2.24) is 4.57 Å². The number of carboxylic acid groups (broad SMARTS) is 1. The van der Waals surface area contributed by atoms with Gasteiger partial charge in [0.15, 0.2) is 11.4 Å². The summed E-state index contributed by atoms with van der Waals surface area (Å²) in [5, 5.41) is 39.7. The number of aromatic nitrogens is 1. The average molecular weight is 564 g/mol. The summed E-state index contributed by atoms with van der Waals surface area (Å²) in [5.74, 6) is -2.50. The quantitative estimate of drug-likeness (QED) is 0.147. The van der Waals surface area contributed by atoms with Gasteiger partial charge in [0.05, 0.1) is 16.6 Å². The molecular weight excluding hydrogens is 542 g/mol. The first-order valence-corrected chi connectivity index (χ1v) is 12.2. The first-order chi connectivity index (χ1) is 19.4. The predicted molar refractivity (Wildman–Crippen MR) is 144 cm³/mol. The lowest BCUT2D eigenvalue weighted by Crippen LogP contribution is -2.05. The number of phenolic OH excluding ortho intramolecular Hbond substituents is 1. The molecule has 0 bridgehead atoms. The molecule has 0 aliphatic heterocycles. The van der Waals surface area contributed by atoms with Gasteiger partial charge in [-0.05, 0) is 79.1 Å². The molecule has 0 fully saturated rings. The number of carboxylic acids is 1. The Morgan fingerprint density at radius 2 is 1.56 bits per heavy atom. The molecule has 0 spiro atoms. The van der Waals surface area contributed by atoms with Gasteiger partial charge in [0.1, 0.15) is 11.5 Å². The van der Waals surface area contributed by atoms with E-state index < -0.39 is 29.4 Å². The van der Waals surface area contributed by atoms with Gasteiger partial charge in [-0.2, -0.15) is 13.2 Å². The van der Waals surface area contributed by atoms with Gasteiger partial charge in [-0.3, -0.25) is 4.57 Å². The second-order valence-corrected chi connectivity index (χ2v) is 9.39. The number of phenols is 1. The van der Waals surface area contributed by atoms with Crippen LogP contribution in [0.4, 0.5) is 28.9 Å². The zero-order valence-electron chi connectivity index (χ0n) is 21.5. The van der Waals surface area contributed by atoms with Crippen LogP contribution in [0.2, 0.25) is 0 Å². The van der Waals surface area contributed by atoms with Gasteiger partial charge in [0, 0.05) is 16.6 Å². The number of alkyl halides is 3. The minimum absolute atomic E-state index is 0.0103. The van der Waals surface area contributed by atoms with E-state index in [0.29, 0.717) is 5.56 Å². The molecule has 0 saturated carbocycles. The highest BCUT2D eigenvalue weighted by atomic mass is 19.4. The van der Waals surface area contributed by atoms with Crippen LogP contribution in [0.5, 0.6) is 11.6 Å². The van der Waals surface area contributed by atoms with Crippen molar-refractivity contribution in [3.05, 3.63) is 101 Å². The van der Waals surface area contributed by atoms with E-state index in [4.69, 9.17) is 0 Å². The number of halogens is 4. The third kappa shape index (κ3) is 4.97. The number of azo groups is 1. The minimum atomic E-state index is -4.67. The molecule has 0 amide bonds. The molecule has 0 aliphatic carbocycles. The maximum atomic E-state index is 14.3. The van der Waals surface area contributed by atoms with E-state index in [-0.39, 0.29) is 56.0 Å². The minimum Gasteiger partial charge on any atom is -0.505 e. The van der Waals surface area contributed by atoms with Crippen LogP contribution < -0.4 is 0 Å². The number of benzene rings is 4. The van der Waals surface area contributed by atoms with E-state index >= 15 is 0 Å². The number of aromatic hydroxyl groups is 2. The SMILES string of the molecule is Cc1cc(-n2c(O)c(N=Nc3cccc(-c4cccc(C(=O)O)c4)c3O)c3ccc(C(F)(F)F)cc32)cc(C)c1F. The van der Waals surface area contributed by atoms with Gasteiger partial charge in [0.2, 0.25) is 5.88 Å². The Balaban J connectivity index is 1.67.